The molecule has 23 heavy (non-hydrogen) atoms. The van der Waals surface area contributed by atoms with Crippen molar-refractivity contribution in [1.82, 2.24) is 14.5 Å². The molecule has 0 radical (unpaired) electrons. The van der Waals surface area contributed by atoms with Crippen molar-refractivity contribution in [3.05, 3.63) is 58.4 Å². The third-order valence-corrected chi connectivity index (χ3v) is 5.37. The zero-order valence-electron chi connectivity index (χ0n) is 13.7. The second-order valence-corrected chi connectivity index (χ2v) is 7.57. The first-order valence-corrected chi connectivity index (χ1v) is 10.00. The summed E-state index contributed by atoms with van der Waals surface area (Å²) in [6, 6.07) is 10.7. The summed E-state index contributed by atoms with van der Waals surface area (Å²) in [7, 11) is 0. The van der Waals surface area contributed by atoms with Crippen molar-refractivity contribution in [2.45, 2.75) is 26.3 Å². The molecule has 3 rings (SSSR count). The number of rotatable bonds is 6. The largest absolute Gasteiger partial charge is 0.325 e. The van der Waals surface area contributed by atoms with E-state index in [0.717, 1.165) is 28.6 Å². The van der Waals surface area contributed by atoms with Crippen LogP contribution in [0, 0.1) is 6.92 Å². The Morgan fingerprint density at radius 1 is 1.26 bits per heavy atom. The zero-order chi connectivity index (χ0) is 16.2. The van der Waals surface area contributed by atoms with Gasteiger partial charge in [-0.3, -0.25) is 0 Å². The second-order valence-electron chi connectivity index (χ2n) is 5.52. The first-order valence-electron chi connectivity index (χ1n) is 7.72. The number of thiazole rings is 1. The van der Waals surface area contributed by atoms with E-state index in [1.165, 1.54) is 11.3 Å². The van der Waals surface area contributed by atoms with E-state index in [1.54, 1.807) is 11.3 Å². The van der Waals surface area contributed by atoms with Crippen LogP contribution >= 0.6 is 23.1 Å². The minimum atomic E-state index is 0.210. The molecule has 5 heteroatoms. The maximum absolute atomic E-state index is 4.72. The molecule has 2 heterocycles. The Labute approximate surface area is 145 Å². The molecule has 0 bridgehead atoms. The Balaban J connectivity index is 2.01. The maximum atomic E-state index is 4.72. The van der Waals surface area contributed by atoms with Gasteiger partial charge < -0.3 is 4.57 Å². The number of hydrogen-bond donors (Lipinski definition) is 0. The highest BCUT2D eigenvalue weighted by Gasteiger charge is 2.18. The molecule has 0 aliphatic carbocycles. The van der Waals surface area contributed by atoms with Gasteiger partial charge in [0.15, 0.2) is 0 Å². The van der Waals surface area contributed by atoms with Crippen LogP contribution < -0.4 is 0 Å². The van der Waals surface area contributed by atoms with Crippen molar-refractivity contribution >= 4 is 23.1 Å². The minimum absolute atomic E-state index is 0.210. The molecule has 0 fully saturated rings. The van der Waals surface area contributed by atoms with Crippen molar-refractivity contribution in [1.29, 1.82) is 0 Å². The van der Waals surface area contributed by atoms with Gasteiger partial charge in [-0.05, 0) is 32.3 Å². The van der Waals surface area contributed by atoms with Gasteiger partial charge in [0, 0.05) is 16.6 Å². The smallest absolute Gasteiger partial charge is 0.0962 e. The SMILES string of the molecule is CSCCc1c(-c2ccccc2)ncn1[C@@H](C)c1csc(C)n1. The summed E-state index contributed by atoms with van der Waals surface area (Å²) in [6.45, 7) is 4.26. The molecule has 1 aromatic carbocycles. The number of thioether (sulfide) groups is 1. The van der Waals surface area contributed by atoms with Crippen LogP contribution in [0.4, 0.5) is 0 Å². The van der Waals surface area contributed by atoms with Gasteiger partial charge in [0.2, 0.25) is 0 Å². The van der Waals surface area contributed by atoms with Crippen LogP contribution in [0.5, 0.6) is 0 Å². The summed E-state index contributed by atoms with van der Waals surface area (Å²) in [6.07, 6.45) is 5.13. The topological polar surface area (TPSA) is 30.7 Å². The van der Waals surface area contributed by atoms with E-state index in [0.29, 0.717) is 0 Å². The van der Waals surface area contributed by atoms with Crippen LogP contribution in [-0.4, -0.2) is 26.5 Å². The van der Waals surface area contributed by atoms with Crippen LogP contribution in [0.25, 0.3) is 11.3 Å². The molecule has 0 saturated carbocycles. The summed E-state index contributed by atoms with van der Waals surface area (Å²) < 4.78 is 2.28. The highest BCUT2D eigenvalue weighted by Crippen LogP contribution is 2.28. The lowest BCUT2D eigenvalue weighted by atomic mass is 10.1. The molecule has 0 unspecified atom stereocenters. The van der Waals surface area contributed by atoms with Crippen molar-refractivity contribution in [3.8, 4) is 11.3 Å². The lowest BCUT2D eigenvalue weighted by Gasteiger charge is -2.16. The van der Waals surface area contributed by atoms with Crippen LogP contribution in [0.1, 0.15) is 29.4 Å². The molecular weight excluding hydrogens is 322 g/mol. The van der Waals surface area contributed by atoms with E-state index >= 15 is 0 Å². The van der Waals surface area contributed by atoms with Crippen LogP contribution in [-0.2, 0) is 6.42 Å². The Morgan fingerprint density at radius 3 is 2.70 bits per heavy atom. The van der Waals surface area contributed by atoms with Crippen molar-refractivity contribution in [3.63, 3.8) is 0 Å². The second kappa shape index (κ2) is 7.32. The molecule has 2 aromatic heterocycles. The molecule has 0 aliphatic heterocycles. The molecule has 120 valence electrons. The summed E-state index contributed by atoms with van der Waals surface area (Å²) in [4.78, 5) is 9.38. The summed E-state index contributed by atoms with van der Waals surface area (Å²) >= 11 is 3.57. The molecule has 1 atom stereocenters. The molecule has 0 N–H and O–H groups in total. The fourth-order valence-corrected chi connectivity index (χ4v) is 3.81. The molecule has 0 aliphatic rings. The molecular formula is C18H21N3S2. The van der Waals surface area contributed by atoms with Crippen molar-refractivity contribution in [2.24, 2.45) is 0 Å². The van der Waals surface area contributed by atoms with Gasteiger partial charge in [-0.1, -0.05) is 30.3 Å². The average Bonchev–Trinajstić information content (AvgIpc) is 3.19. The highest BCUT2D eigenvalue weighted by atomic mass is 32.2. The van der Waals surface area contributed by atoms with E-state index < -0.39 is 0 Å². The van der Waals surface area contributed by atoms with Gasteiger partial charge in [-0.2, -0.15) is 11.8 Å². The van der Waals surface area contributed by atoms with Gasteiger partial charge in [-0.25, -0.2) is 9.97 Å². The predicted molar refractivity (Wildman–Crippen MR) is 100 cm³/mol. The summed E-state index contributed by atoms with van der Waals surface area (Å²) in [5, 5.41) is 3.27. The molecule has 0 saturated heterocycles. The quantitative estimate of drug-likeness (QED) is 0.642. The Hall–Kier alpha value is -1.59. The van der Waals surface area contributed by atoms with E-state index in [1.807, 2.05) is 24.2 Å². The standard InChI is InChI=1S/C18H21N3S2/c1-13(16-11-23-14(2)20-16)21-12-19-18(17(21)9-10-22-3)15-7-5-4-6-8-15/h4-8,11-13H,9-10H2,1-3H3/t13-/m0/s1. The fourth-order valence-electron chi connectivity index (χ4n) is 2.72. The fraction of sp³-hybridized carbons (Fsp3) is 0.333. The number of imidazole rings is 1. The number of nitrogens with zero attached hydrogens (tertiary/aromatic N) is 3. The van der Waals surface area contributed by atoms with E-state index in [9.17, 15) is 0 Å². The Morgan fingerprint density at radius 2 is 2.04 bits per heavy atom. The Bertz CT molecular complexity index is 762. The lowest BCUT2D eigenvalue weighted by molar-refractivity contribution is 0.599. The first kappa shape index (κ1) is 16.3. The molecule has 3 aromatic rings. The average molecular weight is 344 g/mol. The number of benzene rings is 1. The van der Waals surface area contributed by atoms with Crippen molar-refractivity contribution in [2.75, 3.05) is 12.0 Å². The number of aryl methyl sites for hydroxylation is 1. The third kappa shape index (κ3) is 3.51. The summed E-state index contributed by atoms with van der Waals surface area (Å²) in [5.41, 5.74) is 4.70. The highest BCUT2D eigenvalue weighted by molar-refractivity contribution is 7.98. The van der Waals surface area contributed by atoms with Gasteiger partial charge in [0.25, 0.3) is 0 Å². The minimum Gasteiger partial charge on any atom is -0.325 e. The van der Waals surface area contributed by atoms with E-state index in [-0.39, 0.29) is 6.04 Å². The summed E-state index contributed by atoms with van der Waals surface area (Å²) in [5.74, 6) is 1.09. The van der Waals surface area contributed by atoms with Gasteiger partial charge in [-0.15, -0.1) is 11.3 Å². The number of aromatic nitrogens is 3. The maximum Gasteiger partial charge on any atom is 0.0962 e. The third-order valence-electron chi connectivity index (χ3n) is 3.97. The molecule has 3 nitrogen and oxygen atoms in total. The Kier molecular flexibility index (Phi) is 5.18. The van der Waals surface area contributed by atoms with Crippen LogP contribution in [0.2, 0.25) is 0 Å². The van der Waals surface area contributed by atoms with Gasteiger partial charge in [0.05, 0.1) is 28.8 Å². The zero-order valence-corrected chi connectivity index (χ0v) is 15.3. The van der Waals surface area contributed by atoms with E-state index in [4.69, 9.17) is 4.98 Å². The van der Waals surface area contributed by atoms with Gasteiger partial charge >= 0.3 is 0 Å². The lowest BCUT2D eigenvalue weighted by Crippen LogP contribution is -2.11. The van der Waals surface area contributed by atoms with Crippen LogP contribution in [0.15, 0.2) is 42.0 Å². The predicted octanol–water partition coefficient (Wildman–Crippen LogP) is 4.83. The van der Waals surface area contributed by atoms with Crippen LogP contribution in [0.3, 0.4) is 0 Å². The normalized spacial score (nSPS) is 12.5. The monoisotopic (exact) mass is 343 g/mol. The number of hydrogen-bond acceptors (Lipinski definition) is 4. The molecule has 0 spiro atoms. The molecule has 0 amide bonds. The van der Waals surface area contributed by atoms with Gasteiger partial charge in [0.1, 0.15) is 0 Å². The van der Waals surface area contributed by atoms with Crippen molar-refractivity contribution < 1.29 is 0 Å². The van der Waals surface area contributed by atoms with E-state index in [2.05, 4.69) is 59.3 Å². The first-order chi connectivity index (χ1) is 11.2.